The molecule has 1 N–H and O–H groups in total. The number of thioether (sulfide) groups is 1. The van der Waals surface area contributed by atoms with Crippen LogP contribution in [0.2, 0.25) is 0 Å². The third kappa shape index (κ3) is 7.55. The molecule has 4 rings (SSSR count). The average molecular weight is 485 g/mol. The molecular formula is C29H32N4OS. The highest BCUT2D eigenvalue weighted by atomic mass is 32.2. The number of nitrogens with zero attached hydrogens (tertiary/aromatic N) is 3. The van der Waals surface area contributed by atoms with Gasteiger partial charge in [0.15, 0.2) is 5.16 Å². The molecule has 6 heteroatoms. The minimum Gasteiger partial charge on any atom is -0.356 e. The van der Waals surface area contributed by atoms with Gasteiger partial charge >= 0.3 is 0 Å². The molecule has 35 heavy (non-hydrogen) atoms. The van der Waals surface area contributed by atoms with Crippen LogP contribution in [0.3, 0.4) is 0 Å². The summed E-state index contributed by atoms with van der Waals surface area (Å²) in [6.07, 6.45) is 3.96. The fourth-order valence-electron chi connectivity index (χ4n) is 3.87. The van der Waals surface area contributed by atoms with Crippen molar-refractivity contribution in [2.45, 2.75) is 44.2 Å². The van der Waals surface area contributed by atoms with Crippen molar-refractivity contribution in [2.24, 2.45) is 0 Å². The van der Waals surface area contributed by atoms with Crippen molar-refractivity contribution in [1.29, 1.82) is 0 Å². The third-order valence-corrected chi connectivity index (χ3v) is 6.82. The molecule has 5 nitrogen and oxygen atoms in total. The standard InChI is InChI=1S/C29H32N4OS/c1-23-15-17-26(18-16-23)33-27(22-25-12-6-3-7-13-25)31-32-29(33)35-21-9-8-14-28(34)30-20-19-24-10-4-2-5-11-24/h2-7,10-13,15-18H,8-9,14,19-22H2,1H3,(H,30,34). The average Bonchev–Trinajstić information content (AvgIpc) is 3.27. The van der Waals surface area contributed by atoms with Gasteiger partial charge in [-0.05, 0) is 49.4 Å². The number of hydrogen-bond acceptors (Lipinski definition) is 4. The van der Waals surface area contributed by atoms with Crippen LogP contribution >= 0.6 is 11.8 Å². The molecule has 0 unspecified atom stereocenters. The Hall–Kier alpha value is -3.38. The van der Waals surface area contributed by atoms with Crippen LogP contribution in [0.5, 0.6) is 0 Å². The molecular weight excluding hydrogens is 452 g/mol. The molecule has 180 valence electrons. The number of amides is 1. The summed E-state index contributed by atoms with van der Waals surface area (Å²) in [7, 11) is 0. The summed E-state index contributed by atoms with van der Waals surface area (Å²) in [6.45, 7) is 2.77. The van der Waals surface area contributed by atoms with Crippen LogP contribution in [0, 0.1) is 6.92 Å². The van der Waals surface area contributed by atoms with Gasteiger partial charge in [0.1, 0.15) is 5.82 Å². The molecule has 1 amide bonds. The zero-order valence-corrected chi connectivity index (χ0v) is 21.0. The molecule has 3 aromatic carbocycles. The molecule has 0 fully saturated rings. The highest BCUT2D eigenvalue weighted by Gasteiger charge is 2.15. The number of carbonyl (C=O) groups is 1. The minimum absolute atomic E-state index is 0.124. The van der Waals surface area contributed by atoms with Gasteiger partial charge in [-0.15, -0.1) is 10.2 Å². The number of benzene rings is 3. The lowest BCUT2D eigenvalue weighted by atomic mass is 10.1. The minimum atomic E-state index is 0.124. The molecule has 1 heterocycles. The Labute approximate surface area is 212 Å². The Balaban J connectivity index is 1.28. The number of aromatic nitrogens is 3. The van der Waals surface area contributed by atoms with Crippen LogP contribution in [0.1, 0.15) is 41.8 Å². The van der Waals surface area contributed by atoms with Crippen LogP contribution in [0.4, 0.5) is 0 Å². The number of unbranched alkanes of at least 4 members (excludes halogenated alkanes) is 1. The van der Waals surface area contributed by atoms with Crippen LogP contribution < -0.4 is 5.32 Å². The summed E-state index contributed by atoms with van der Waals surface area (Å²) in [5, 5.41) is 13.0. The topological polar surface area (TPSA) is 59.8 Å². The van der Waals surface area contributed by atoms with E-state index in [9.17, 15) is 4.79 Å². The van der Waals surface area contributed by atoms with Crippen molar-refractivity contribution in [3.8, 4) is 5.69 Å². The molecule has 0 saturated heterocycles. The van der Waals surface area contributed by atoms with Crippen LogP contribution in [-0.2, 0) is 17.6 Å². The van der Waals surface area contributed by atoms with Crippen molar-refractivity contribution >= 4 is 17.7 Å². The van der Waals surface area contributed by atoms with Crippen molar-refractivity contribution in [1.82, 2.24) is 20.1 Å². The summed E-state index contributed by atoms with van der Waals surface area (Å²) < 4.78 is 2.16. The Kier molecular flexibility index (Phi) is 9.12. The highest BCUT2D eigenvalue weighted by Crippen LogP contribution is 2.25. The Morgan fingerprint density at radius 2 is 1.54 bits per heavy atom. The molecule has 4 aromatic rings. The van der Waals surface area contributed by atoms with E-state index in [1.165, 1.54) is 16.7 Å². The molecule has 0 aliphatic rings. The smallest absolute Gasteiger partial charge is 0.220 e. The van der Waals surface area contributed by atoms with E-state index in [1.807, 2.05) is 24.3 Å². The third-order valence-electron chi connectivity index (χ3n) is 5.81. The molecule has 0 saturated carbocycles. The number of rotatable bonds is 12. The van der Waals surface area contributed by atoms with Gasteiger partial charge in [0.25, 0.3) is 0 Å². The largest absolute Gasteiger partial charge is 0.356 e. The predicted molar refractivity (Wildman–Crippen MR) is 143 cm³/mol. The summed E-state index contributed by atoms with van der Waals surface area (Å²) in [4.78, 5) is 12.2. The van der Waals surface area contributed by atoms with Crippen molar-refractivity contribution < 1.29 is 4.79 Å². The van der Waals surface area contributed by atoms with Crippen LogP contribution in [0.25, 0.3) is 5.69 Å². The van der Waals surface area contributed by atoms with E-state index in [4.69, 9.17) is 0 Å². The summed E-state index contributed by atoms with van der Waals surface area (Å²) in [6, 6.07) is 29.1. The number of carbonyl (C=O) groups excluding carboxylic acids is 1. The summed E-state index contributed by atoms with van der Waals surface area (Å²) >= 11 is 1.70. The first kappa shape index (κ1) is 24.7. The van der Waals surface area contributed by atoms with E-state index < -0.39 is 0 Å². The Bertz CT molecular complexity index is 1190. The monoisotopic (exact) mass is 484 g/mol. The van der Waals surface area contributed by atoms with Crippen molar-refractivity contribution in [2.75, 3.05) is 12.3 Å². The predicted octanol–water partition coefficient (Wildman–Crippen LogP) is 5.79. The Morgan fingerprint density at radius 1 is 0.857 bits per heavy atom. The van der Waals surface area contributed by atoms with Gasteiger partial charge in [-0.25, -0.2) is 0 Å². The molecule has 0 aliphatic heterocycles. The number of aryl methyl sites for hydroxylation is 1. The first-order valence-corrected chi connectivity index (χ1v) is 13.2. The lowest BCUT2D eigenvalue weighted by Gasteiger charge is -2.11. The van der Waals surface area contributed by atoms with Gasteiger partial charge in [-0.3, -0.25) is 9.36 Å². The van der Waals surface area contributed by atoms with Gasteiger partial charge in [-0.1, -0.05) is 90.1 Å². The quantitative estimate of drug-likeness (QED) is 0.204. The van der Waals surface area contributed by atoms with E-state index >= 15 is 0 Å². The summed E-state index contributed by atoms with van der Waals surface area (Å²) in [5.74, 6) is 1.95. The lowest BCUT2D eigenvalue weighted by molar-refractivity contribution is -0.121. The van der Waals surface area contributed by atoms with Crippen molar-refractivity contribution in [3.63, 3.8) is 0 Å². The molecule has 0 spiro atoms. The van der Waals surface area contributed by atoms with Crippen LogP contribution in [-0.4, -0.2) is 33.0 Å². The maximum absolute atomic E-state index is 12.2. The first-order valence-electron chi connectivity index (χ1n) is 12.2. The summed E-state index contributed by atoms with van der Waals surface area (Å²) in [5.41, 5.74) is 4.76. The van der Waals surface area contributed by atoms with Gasteiger partial charge in [-0.2, -0.15) is 0 Å². The molecule has 0 aliphatic carbocycles. The first-order chi connectivity index (χ1) is 17.2. The normalized spacial score (nSPS) is 10.9. The second kappa shape index (κ2) is 12.9. The molecule has 0 bridgehead atoms. The maximum atomic E-state index is 12.2. The highest BCUT2D eigenvalue weighted by molar-refractivity contribution is 7.99. The van der Waals surface area contributed by atoms with E-state index in [0.29, 0.717) is 13.0 Å². The molecule has 1 aromatic heterocycles. The van der Waals surface area contributed by atoms with E-state index in [2.05, 4.69) is 87.7 Å². The zero-order chi connectivity index (χ0) is 24.3. The zero-order valence-electron chi connectivity index (χ0n) is 20.2. The second-order valence-corrected chi connectivity index (χ2v) is 9.69. The fraction of sp³-hybridized carbons (Fsp3) is 0.276. The molecule has 0 radical (unpaired) electrons. The second-order valence-electron chi connectivity index (χ2n) is 8.62. The van der Waals surface area contributed by atoms with Gasteiger partial charge in [0.2, 0.25) is 5.91 Å². The molecule has 0 atom stereocenters. The van der Waals surface area contributed by atoms with Crippen molar-refractivity contribution in [3.05, 3.63) is 107 Å². The Morgan fingerprint density at radius 3 is 2.26 bits per heavy atom. The SMILES string of the molecule is Cc1ccc(-n2c(Cc3ccccc3)nnc2SCCCCC(=O)NCCc2ccccc2)cc1. The number of hydrogen-bond donors (Lipinski definition) is 1. The van der Waals surface area contributed by atoms with E-state index in [-0.39, 0.29) is 5.91 Å². The van der Waals surface area contributed by atoms with E-state index in [1.54, 1.807) is 11.8 Å². The fourth-order valence-corrected chi connectivity index (χ4v) is 4.84. The van der Waals surface area contributed by atoms with Gasteiger partial charge in [0.05, 0.1) is 0 Å². The lowest BCUT2D eigenvalue weighted by Crippen LogP contribution is -2.25. The van der Waals surface area contributed by atoms with E-state index in [0.717, 1.165) is 48.1 Å². The van der Waals surface area contributed by atoms with Crippen LogP contribution in [0.15, 0.2) is 90.1 Å². The van der Waals surface area contributed by atoms with Gasteiger partial charge < -0.3 is 5.32 Å². The number of nitrogens with one attached hydrogen (secondary N) is 1. The van der Waals surface area contributed by atoms with Gasteiger partial charge in [0, 0.05) is 30.8 Å². The maximum Gasteiger partial charge on any atom is 0.220 e.